The first-order valence-corrected chi connectivity index (χ1v) is 6.46. The highest BCUT2D eigenvalue weighted by Gasteiger charge is 2.25. The van der Waals surface area contributed by atoms with Crippen molar-refractivity contribution in [1.82, 2.24) is 5.32 Å². The van der Waals surface area contributed by atoms with E-state index < -0.39 is 6.10 Å². The summed E-state index contributed by atoms with van der Waals surface area (Å²) >= 11 is 0. The third-order valence-corrected chi connectivity index (χ3v) is 3.50. The molecule has 1 saturated heterocycles. The third-order valence-electron chi connectivity index (χ3n) is 3.50. The predicted octanol–water partition coefficient (Wildman–Crippen LogP) is 1.45. The molecule has 1 amide bonds. The topological polar surface area (TPSA) is 52.6 Å². The standard InChI is InChI=1S/C14H20N2O2/c1-3-13(17)11-4-6-12(7-5-11)16-9-8-15-14(18)10(16)2/h4-7,10,13,17H,3,8-9H2,1-2H3,(H,15,18)/t10?,13-/m1/s1. The number of aliphatic hydroxyl groups excluding tert-OH is 1. The van der Waals surface area contributed by atoms with Crippen molar-refractivity contribution in [3.05, 3.63) is 29.8 Å². The number of piperazine rings is 1. The van der Waals surface area contributed by atoms with Gasteiger partial charge in [0.15, 0.2) is 0 Å². The van der Waals surface area contributed by atoms with E-state index in [0.29, 0.717) is 13.0 Å². The molecular weight excluding hydrogens is 228 g/mol. The summed E-state index contributed by atoms with van der Waals surface area (Å²) in [6.45, 7) is 5.37. The van der Waals surface area contributed by atoms with E-state index in [0.717, 1.165) is 17.8 Å². The van der Waals surface area contributed by atoms with Gasteiger partial charge in [0.1, 0.15) is 6.04 Å². The number of rotatable bonds is 3. The van der Waals surface area contributed by atoms with Crippen LogP contribution < -0.4 is 10.2 Å². The van der Waals surface area contributed by atoms with E-state index in [-0.39, 0.29) is 11.9 Å². The first-order valence-electron chi connectivity index (χ1n) is 6.46. The zero-order valence-corrected chi connectivity index (χ0v) is 10.9. The molecule has 0 radical (unpaired) electrons. The highest BCUT2D eigenvalue weighted by atomic mass is 16.3. The van der Waals surface area contributed by atoms with Gasteiger partial charge in [-0.2, -0.15) is 0 Å². The number of amides is 1. The second-order valence-electron chi connectivity index (χ2n) is 4.68. The van der Waals surface area contributed by atoms with Gasteiger partial charge < -0.3 is 15.3 Å². The Morgan fingerprint density at radius 1 is 1.44 bits per heavy atom. The molecule has 4 heteroatoms. The van der Waals surface area contributed by atoms with Gasteiger partial charge in [-0.25, -0.2) is 0 Å². The van der Waals surface area contributed by atoms with Gasteiger partial charge in [-0.1, -0.05) is 19.1 Å². The Kier molecular flexibility index (Phi) is 3.87. The largest absolute Gasteiger partial charge is 0.388 e. The molecule has 0 saturated carbocycles. The van der Waals surface area contributed by atoms with Crippen LogP contribution in [-0.4, -0.2) is 30.1 Å². The lowest BCUT2D eigenvalue weighted by molar-refractivity contribution is -0.122. The molecule has 18 heavy (non-hydrogen) atoms. The van der Waals surface area contributed by atoms with Crippen LogP contribution in [0.4, 0.5) is 5.69 Å². The van der Waals surface area contributed by atoms with E-state index >= 15 is 0 Å². The number of hydrogen-bond donors (Lipinski definition) is 2. The van der Waals surface area contributed by atoms with Crippen LogP contribution in [-0.2, 0) is 4.79 Å². The monoisotopic (exact) mass is 248 g/mol. The van der Waals surface area contributed by atoms with Crippen molar-refractivity contribution in [2.75, 3.05) is 18.0 Å². The number of nitrogens with one attached hydrogen (secondary N) is 1. The highest BCUT2D eigenvalue weighted by molar-refractivity contribution is 5.86. The molecule has 0 bridgehead atoms. The molecule has 98 valence electrons. The van der Waals surface area contributed by atoms with Crippen LogP contribution >= 0.6 is 0 Å². The molecule has 4 nitrogen and oxygen atoms in total. The Morgan fingerprint density at radius 3 is 2.72 bits per heavy atom. The fourth-order valence-corrected chi connectivity index (χ4v) is 2.26. The van der Waals surface area contributed by atoms with Crippen LogP contribution in [0.2, 0.25) is 0 Å². The molecule has 1 heterocycles. The Hall–Kier alpha value is -1.55. The zero-order valence-electron chi connectivity index (χ0n) is 10.9. The van der Waals surface area contributed by atoms with Gasteiger partial charge in [0.05, 0.1) is 6.10 Å². The average Bonchev–Trinajstić information content (AvgIpc) is 2.41. The molecule has 1 aliphatic heterocycles. The zero-order chi connectivity index (χ0) is 13.1. The molecule has 0 spiro atoms. The lowest BCUT2D eigenvalue weighted by Crippen LogP contribution is -2.54. The van der Waals surface area contributed by atoms with E-state index in [1.54, 1.807) is 0 Å². The minimum Gasteiger partial charge on any atom is -0.388 e. The molecule has 1 unspecified atom stereocenters. The van der Waals surface area contributed by atoms with Gasteiger partial charge in [-0.3, -0.25) is 4.79 Å². The fourth-order valence-electron chi connectivity index (χ4n) is 2.26. The van der Waals surface area contributed by atoms with Crippen LogP contribution in [0, 0.1) is 0 Å². The van der Waals surface area contributed by atoms with E-state index in [1.165, 1.54) is 0 Å². The van der Waals surface area contributed by atoms with Gasteiger partial charge >= 0.3 is 0 Å². The molecule has 1 aliphatic rings. The number of anilines is 1. The summed E-state index contributed by atoms with van der Waals surface area (Å²) in [5, 5.41) is 12.6. The maximum atomic E-state index is 11.6. The minimum absolute atomic E-state index is 0.0684. The fraction of sp³-hybridized carbons (Fsp3) is 0.500. The number of carbonyl (C=O) groups excluding carboxylic acids is 1. The lowest BCUT2D eigenvalue weighted by atomic mass is 10.1. The summed E-state index contributed by atoms with van der Waals surface area (Å²) in [5.74, 6) is 0.0684. The Morgan fingerprint density at radius 2 is 2.11 bits per heavy atom. The molecule has 2 N–H and O–H groups in total. The quantitative estimate of drug-likeness (QED) is 0.851. The van der Waals surface area contributed by atoms with Crippen LogP contribution in [0.3, 0.4) is 0 Å². The molecule has 1 aromatic rings. The summed E-state index contributed by atoms with van der Waals surface area (Å²) < 4.78 is 0. The predicted molar refractivity (Wildman–Crippen MR) is 71.5 cm³/mol. The van der Waals surface area contributed by atoms with Gasteiger partial charge in [0.2, 0.25) is 5.91 Å². The maximum absolute atomic E-state index is 11.6. The maximum Gasteiger partial charge on any atom is 0.242 e. The molecule has 0 aliphatic carbocycles. The van der Waals surface area contributed by atoms with Crippen molar-refractivity contribution in [2.24, 2.45) is 0 Å². The first-order chi connectivity index (χ1) is 8.63. The molecule has 2 atom stereocenters. The summed E-state index contributed by atoms with van der Waals surface area (Å²) in [6, 6.07) is 7.68. The number of nitrogens with zero attached hydrogens (tertiary/aromatic N) is 1. The summed E-state index contributed by atoms with van der Waals surface area (Å²) in [6.07, 6.45) is 0.308. The molecule has 1 fully saturated rings. The van der Waals surface area contributed by atoms with E-state index in [1.807, 2.05) is 38.1 Å². The van der Waals surface area contributed by atoms with Crippen LogP contribution in [0.25, 0.3) is 0 Å². The smallest absolute Gasteiger partial charge is 0.242 e. The number of carbonyl (C=O) groups is 1. The lowest BCUT2D eigenvalue weighted by Gasteiger charge is -2.34. The van der Waals surface area contributed by atoms with Crippen molar-refractivity contribution in [1.29, 1.82) is 0 Å². The first kappa shape index (κ1) is 12.9. The van der Waals surface area contributed by atoms with Gasteiger partial charge in [0, 0.05) is 18.8 Å². The molecule has 2 rings (SSSR count). The average molecular weight is 248 g/mol. The third kappa shape index (κ3) is 2.48. The van der Waals surface area contributed by atoms with E-state index in [2.05, 4.69) is 10.2 Å². The summed E-state index contributed by atoms with van der Waals surface area (Å²) in [7, 11) is 0. The second kappa shape index (κ2) is 5.40. The van der Waals surface area contributed by atoms with Gasteiger partial charge in [-0.05, 0) is 31.0 Å². The number of benzene rings is 1. The minimum atomic E-state index is -0.402. The van der Waals surface area contributed by atoms with Gasteiger partial charge in [-0.15, -0.1) is 0 Å². The van der Waals surface area contributed by atoms with Crippen molar-refractivity contribution >= 4 is 11.6 Å². The molecule has 1 aromatic carbocycles. The Bertz CT molecular complexity index is 416. The van der Waals surface area contributed by atoms with Crippen molar-refractivity contribution < 1.29 is 9.90 Å². The van der Waals surface area contributed by atoms with Gasteiger partial charge in [0.25, 0.3) is 0 Å². The van der Waals surface area contributed by atoms with Crippen molar-refractivity contribution in [3.8, 4) is 0 Å². The summed E-state index contributed by atoms with van der Waals surface area (Å²) in [5.41, 5.74) is 1.96. The van der Waals surface area contributed by atoms with Crippen LogP contribution in [0.15, 0.2) is 24.3 Å². The highest BCUT2D eigenvalue weighted by Crippen LogP contribution is 2.23. The molecule has 0 aromatic heterocycles. The van der Waals surface area contributed by atoms with Crippen LogP contribution in [0.5, 0.6) is 0 Å². The Balaban J connectivity index is 2.16. The second-order valence-corrected chi connectivity index (χ2v) is 4.68. The number of hydrogen-bond acceptors (Lipinski definition) is 3. The summed E-state index contributed by atoms with van der Waals surface area (Å²) in [4.78, 5) is 13.7. The van der Waals surface area contributed by atoms with Crippen molar-refractivity contribution in [3.63, 3.8) is 0 Å². The molecular formula is C14H20N2O2. The number of aliphatic hydroxyl groups is 1. The van der Waals surface area contributed by atoms with E-state index in [4.69, 9.17) is 0 Å². The van der Waals surface area contributed by atoms with Crippen LogP contribution in [0.1, 0.15) is 31.9 Å². The Labute approximate surface area is 108 Å². The van der Waals surface area contributed by atoms with E-state index in [9.17, 15) is 9.90 Å². The SMILES string of the molecule is CC[C@@H](O)c1ccc(N2CCNC(=O)C2C)cc1. The van der Waals surface area contributed by atoms with Crippen molar-refractivity contribution in [2.45, 2.75) is 32.4 Å². The normalized spacial score (nSPS) is 21.6.